The Bertz CT molecular complexity index is 422. The summed E-state index contributed by atoms with van der Waals surface area (Å²) in [5.41, 5.74) is 7.37. The van der Waals surface area contributed by atoms with Gasteiger partial charge in [0.25, 0.3) is 0 Å². The van der Waals surface area contributed by atoms with Crippen molar-refractivity contribution in [2.45, 2.75) is 12.8 Å². The van der Waals surface area contributed by atoms with Gasteiger partial charge in [-0.15, -0.1) is 0 Å². The summed E-state index contributed by atoms with van der Waals surface area (Å²) in [6.07, 6.45) is 2.13. The number of ether oxygens (including phenoxy) is 1. The molecule has 100 valence electrons. The van der Waals surface area contributed by atoms with E-state index in [9.17, 15) is 4.39 Å². The molecule has 0 radical (unpaired) electrons. The van der Waals surface area contributed by atoms with Gasteiger partial charge in [0, 0.05) is 32.9 Å². The molecule has 1 aliphatic rings. The lowest BCUT2D eigenvalue weighted by molar-refractivity contribution is 0.0685. The van der Waals surface area contributed by atoms with Crippen molar-refractivity contribution in [3.8, 4) is 0 Å². The predicted molar refractivity (Wildman–Crippen MR) is 80.3 cm³/mol. The van der Waals surface area contributed by atoms with Crippen molar-refractivity contribution in [2.75, 3.05) is 37.4 Å². The van der Waals surface area contributed by atoms with Crippen LogP contribution in [0.2, 0.25) is 0 Å². The monoisotopic (exact) mass is 364 g/mol. The van der Waals surface area contributed by atoms with Crippen molar-refractivity contribution < 1.29 is 9.13 Å². The van der Waals surface area contributed by atoms with Gasteiger partial charge in [-0.05, 0) is 47.4 Å². The zero-order valence-corrected chi connectivity index (χ0v) is 12.6. The van der Waals surface area contributed by atoms with Gasteiger partial charge in [-0.1, -0.05) is 0 Å². The molecule has 2 N–H and O–H groups in total. The highest BCUT2D eigenvalue weighted by Gasteiger charge is 2.17. The van der Waals surface area contributed by atoms with Crippen LogP contribution in [0.15, 0.2) is 12.1 Å². The first kappa shape index (κ1) is 13.9. The number of hydrogen-bond donors (Lipinski definition) is 1. The highest BCUT2D eigenvalue weighted by atomic mass is 127. The van der Waals surface area contributed by atoms with E-state index in [0.29, 0.717) is 15.2 Å². The van der Waals surface area contributed by atoms with Gasteiger partial charge in [-0.25, -0.2) is 4.39 Å². The van der Waals surface area contributed by atoms with Crippen LogP contribution in [0.25, 0.3) is 0 Å². The van der Waals surface area contributed by atoms with Crippen LogP contribution in [0, 0.1) is 15.3 Å². The Balaban J connectivity index is 2.08. The summed E-state index contributed by atoms with van der Waals surface area (Å²) in [7, 11) is 1.97. The highest BCUT2D eigenvalue weighted by molar-refractivity contribution is 14.1. The first-order chi connectivity index (χ1) is 8.58. The second kappa shape index (κ2) is 6.06. The van der Waals surface area contributed by atoms with Crippen LogP contribution < -0.4 is 10.6 Å². The second-order valence-corrected chi connectivity index (χ2v) is 5.92. The van der Waals surface area contributed by atoms with Crippen LogP contribution in [0.3, 0.4) is 0 Å². The summed E-state index contributed by atoms with van der Waals surface area (Å²) in [4.78, 5) is 2.05. The number of halogens is 2. The number of hydrogen-bond acceptors (Lipinski definition) is 3. The summed E-state index contributed by atoms with van der Waals surface area (Å²) in [6.45, 7) is 2.55. The lowest BCUT2D eigenvalue weighted by Crippen LogP contribution is -2.30. The molecule has 0 spiro atoms. The highest BCUT2D eigenvalue weighted by Crippen LogP contribution is 2.28. The van der Waals surface area contributed by atoms with Gasteiger partial charge >= 0.3 is 0 Å². The zero-order valence-electron chi connectivity index (χ0n) is 10.5. The lowest BCUT2D eigenvalue weighted by atomic mass is 9.99. The molecule has 1 aliphatic heterocycles. The zero-order chi connectivity index (χ0) is 13.1. The summed E-state index contributed by atoms with van der Waals surface area (Å²) in [5.74, 6) is 0.393. The lowest BCUT2D eigenvalue weighted by Gasteiger charge is -2.29. The van der Waals surface area contributed by atoms with E-state index in [0.717, 1.165) is 38.3 Å². The summed E-state index contributed by atoms with van der Waals surface area (Å²) >= 11 is 1.96. The van der Waals surface area contributed by atoms with Crippen molar-refractivity contribution in [1.82, 2.24) is 0 Å². The third-order valence-electron chi connectivity index (χ3n) is 3.35. The smallest absolute Gasteiger partial charge is 0.138 e. The second-order valence-electron chi connectivity index (χ2n) is 4.76. The molecule has 0 bridgehead atoms. The number of anilines is 2. The normalized spacial score (nSPS) is 16.8. The van der Waals surface area contributed by atoms with Crippen molar-refractivity contribution in [3.05, 3.63) is 21.5 Å². The largest absolute Gasteiger partial charge is 0.397 e. The van der Waals surface area contributed by atoms with E-state index >= 15 is 0 Å². The molecule has 1 saturated heterocycles. The van der Waals surface area contributed by atoms with E-state index in [1.54, 1.807) is 6.07 Å². The van der Waals surface area contributed by atoms with Crippen LogP contribution in [-0.4, -0.2) is 26.8 Å². The van der Waals surface area contributed by atoms with E-state index in [-0.39, 0.29) is 5.82 Å². The number of rotatable bonds is 3. The van der Waals surface area contributed by atoms with E-state index < -0.39 is 0 Å². The Labute approximate surface area is 121 Å². The molecule has 1 fully saturated rings. The number of nitrogens with two attached hydrogens (primary N) is 1. The molecule has 2 rings (SSSR count). The van der Waals surface area contributed by atoms with Crippen LogP contribution in [0.1, 0.15) is 12.8 Å². The summed E-state index contributed by atoms with van der Waals surface area (Å²) in [6, 6.07) is 3.21. The minimum atomic E-state index is -0.210. The SMILES string of the molecule is CN(CC1CCOCC1)c1cc(F)c(I)cc1N. The molecule has 1 heterocycles. The van der Waals surface area contributed by atoms with Gasteiger partial charge in [0.1, 0.15) is 5.82 Å². The summed E-state index contributed by atoms with van der Waals surface area (Å²) in [5, 5.41) is 0. The van der Waals surface area contributed by atoms with Gasteiger partial charge < -0.3 is 15.4 Å². The molecule has 0 amide bonds. The molecule has 0 aliphatic carbocycles. The average Bonchev–Trinajstić information content (AvgIpc) is 2.35. The van der Waals surface area contributed by atoms with Crippen molar-refractivity contribution in [2.24, 2.45) is 5.92 Å². The van der Waals surface area contributed by atoms with Crippen molar-refractivity contribution in [1.29, 1.82) is 0 Å². The van der Waals surface area contributed by atoms with Crippen LogP contribution in [0.5, 0.6) is 0 Å². The van der Waals surface area contributed by atoms with Crippen LogP contribution in [-0.2, 0) is 4.74 Å². The fourth-order valence-corrected chi connectivity index (χ4v) is 2.79. The number of nitrogens with zero attached hydrogens (tertiary/aromatic N) is 1. The number of nitrogen functional groups attached to an aromatic ring is 1. The maximum Gasteiger partial charge on any atom is 0.138 e. The fourth-order valence-electron chi connectivity index (χ4n) is 2.30. The first-order valence-corrected chi connectivity index (χ1v) is 7.19. The first-order valence-electron chi connectivity index (χ1n) is 6.11. The van der Waals surface area contributed by atoms with E-state index in [2.05, 4.69) is 0 Å². The molecule has 0 aromatic heterocycles. The molecule has 1 aromatic carbocycles. The molecule has 0 atom stereocenters. The van der Waals surface area contributed by atoms with Crippen LogP contribution >= 0.6 is 22.6 Å². The van der Waals surface area contributed by atoms with Crippen molar-refractivity contribution >= 4 is 34.0 Å². The standard InChI is InChI=1S/C13H18FIN2O/c1-17(8-9-2-4-18-5-3-9)13-6-10(14)11(15)7-12(13)16/h6-7,9H,2-5,8,16H2,1H3. The molecule has 5 heteroatoms. The number of benzene rings is 1. The molecule has 1 aromatic rings. The Hall–Kier alpha value is -0.560. The van der Waals surface area contributed by atoms with Gasteiger partial charge in [-0.3, -0.25) is 0 Å². The van der Waals surface area contributed by atoms with Gasteiger partial charge in [0.15, 0.2) is 0 Å². The molecule has 18 heavy (non-hydrogen) atoms. The third kappa shape index (κ3) is 3.26. The van der Waals surface area contributed by atoms with Gasteiger partial charge in [-0.2, -0.15) is 0 Å². The molecule has 0 saturated carbocycles. The van der Waals surface area contributed by atoms with E-state index in [1.807, 2.05) is 34.5 Å². The average molecular weight is 364 g/mol. The van der Waals surface area contributed by atoms with E-state index in [1.165, 1.54) is 6.07 Å². The van der Waals surface area contributed by atoms with Gasteiger partial charge in [0.05, 0.1) is 14.9 Å². The molecular formula is C13H18FIN2O. The maximum absolute atomic E-state index is 13.6. The topological polar surface area (TPSA) is 38.5 Å². The fraction of sp³-hybridized carbons (Fsp3) is 0.538. The quantitative estimate of drug-likeness (QED) is 0.662. The van der Waals surface area contributed by atoms with Crippen LogP contribution in [0.4, 0.5) is 15.8 Å². The minimum Gasteiger partial charge on any atom is -0.397 e. The Morgan fingerprint density at radius 3 is 2.78 bits per heavy atom. The Morgan fingerprint density at radius 2 is 2.11 bits per heavy atom. The Morgan fingerprint density at radius 1 is 1.44 bits per heavy atom. The van der Waals surface area contributed by atoms with E-state index in [4.69, 9.17) is 10.5 Å². The maximum atomic E-state index is 13.6. The molecule has 3 nitrogen and oxygen atoms in total. The van der Waals surface area contributed by atoms with Gasteiger partial charge in [0.2, 0.25) is 0 Å². The Kier molecular flexibility index (Phi) is 4.66. The predicted octanol–water partition coefficient (Wildman–Crippen LogP) is 2.88. The third-order valence-corrected chi connectivity index (χ3v) is 4.18. The van der Waals surface area contributed by atoms with Crippen molar-refractivity contribution in [3.63, 3.8) is 0 Å². The molecule has 0 unspecified atom stereocenters. The summed E-state index contributed by atoms with van der Waals surface area (Å²) < 4.78 is 19.5. The minimum absolute atomic E-state index is 0.210. The molecular weight excluding hydrogens is 346 g/mol.